The predicted molar refractivity (Wildman–Crippen MR) is 67.9 cm³/mol. The summed E-state index contributed by atoms with van der Waals surface area (Å²) >= 11 is 0. The molecule has 0 radical (unpaired) electrons. The topological polar surface area (TPSA) is 116 Å². The van der Waals surface area contributed by atoms with Crippen LogP contribution in [0.15, 0.2) is 0 Å². The number of carbonyl (C=O) groups excluding carboxylic acids is 2. The van der Waals surface area contributed by atoms with E-state index in [1.165, 1.54) is 4.90 Å². The first-order chi connectivity index (χ1) is 9.40. The Bertz CT molecular complexity index is 386. The third-order valence-electron chi connectivity index (χ3n) is 3.52. The van der Waals surface area contributed by atoms with Gasteiger partial charge in [0, 0.05) is 6.54 Å². The fourth-order valence-electron chi connectivity index (χ4n) is 2.22. The van der Waals surface area contributed by atoms with Crippen LogP contribution in [0, 0.1) is 5.92 Å². The maximum absolute atomic E-state index is 12.0. The second-order valence-electron chi connectivity index (χ2n) is 4.83. The lowest BCUT2D eigenvalue weighted by Gasteiger charge is -2.26. The number of aliphatic hydroxyl groups excluding tert-OH is 1. The van der Waals surface area contributed by atoms with E-state index >= 15 is 0 Å². The fourth-order valence-corrected chi connectivity index (χ4v) is 2.22. The molecule has 1 aliphatic rings. The van der Waals surface area contributed by atoms with Gasteiger partial charge in [0.1, 0.15) is 6.04 Å². The molecule has 0 aromatic heterocycles. The molecular formula is C12H20N2O6. The first kappa shape index (κ1) is 16.2. The first-order valence-corrected chi connectivity index (χ1v) is 6.38. The summed E-state index contributed by atoms with van der Waals surface area (Å²) in [6, 6.07) is -2.27. The van der Waals surface area contributed by atoms with Gasteiger partial charge < -0.3 is 25.2 Å². The van der Waals surface area contributed by atoms with Crippen LogP contribution in [0.2, 0.25) is 0 Å². The predicted octanol–water partition coefficient (Wildman–Crippen LogP) is -0.585. The van der Waals surface area contributed by atoms with Crippen LogP contribution >= 0.6 is 0 Å². The standard InChI is InChI=1S/C12H20N2O6/c1-7-3-4-14(9(7)6-15)12(19)13-8(11(17)18)5-10(16)20-2/h7-9,15H,3-6H2,1-2H3,(H,13,19)(H,17,18)/t7?,8-,9?/m0/s1. The number of aliphatic hydroxyl groups is 1. The molecule has 1 aliphatic heterocycles. The Balaban J connectivity index is 2.66. The minimum Gasteiger partial charge on any atom is -0.480 e. The van der Waals surface area contributed by atoms with Crippen molar-refractivity contribution in [3.8, 4) is 0 Å². The minimum absolute atomic E-state index is 0.148. The third kappa shape index (κ3) is 3.83. The molecule has 0 aromatic rings. The number of hydrogen-bond donors (Lipinski definition) is 3. The molecule has 0 aromatic carbocycles. The Morgan fingerprint density at radius 3 is 2.60 bits per heavy atom. The zero-order valence-corrected chi connectivity index (χ0v) is 11.5. The molecule has 8 nitrogen and oxygen atoms in total. The summed E-state index contributed by atoms with van der Waals surface area (Å²) in [5.74, 6) is -1.88. The number of methoxy groups -OCH3 is 1. The van der Waals surface area contributed by atoms with Gasteiger partial charge in [0.15, 0.2) is 0 Å². The van der Waals surface area contributed by atoms with Gasteiger partial charge in [-0.15, -0.1) is 0 Å². The number of esters is 1. The van der Waals surface area contributed by atoms with E-state index in [0.29, 0.717) is 6.54 Å². The first-order valence-electron chi connectivity index (χ1n) is 6.38. The lowest BCUT2D eigenvalue weighted by Crippen LogP contribution is -2.51. The normalized spacial score (nSPS) is 23.2. The van der Waals surface area contributed by atoms with Crippen LogP contribution in [0.3, 0.4) is 0 Å². The van der Waals surface area contributed by atoms with Gasteiger partial charge in [-0.1, -0.05) is 6.92 Å². The second kappa shape index (κ2) is 7.09. The smallest absolute Gasteiger partial charge is 0.326 e. The Morgan fingerprint density at radius 2 is 2.10 bits per heavy atom. The van der Waals surface area contributed by atoms with E-state index in [4.69, 9.17) is 5.11 Å². The molecule has 3 atom stereocenters. The van der Waals surface area contributed by atoms with Gasteiger partial charge in [-0.25, -0.2) is 9.59 Å². The summed E-state index contributed by atoms with van der Waals surface area (Å²) in [5.41, 5.74) is 0. The van der Waals surface area contributed by atoms with E-state index in [1.54, 1.807) is 0 Å². The number of aliphatic carboxylic acids is 1. The molecule has 0 aliphatic carbocycles. The second-order valence-corrected chi connectivity index (χ2v) is 4.83. The number of hydrogen-bond acceptors (Lipinski definition) is 5. The Labute approximate surface area is 116 Å². The fraction of sp³-hybridized carbons (Fsp3) is 0.750. The van der Waals surface area contributed by atoms with Crippen molar-refractivity contribution in [2.75, 3.05) is 20.3 Å². The van der Waals surface area contributed by atoms with Gasteiger partial charge in [0.25, 0.3) is 0 Å². The van der Waals surface area contributed by atoms with Crippen molar-refractivity contribution in [1.82, 2.24) is 10.2 Å². The van der Waals surface area contributed by atoms with Crippen LogP contribution in [-0.4, -0.2) is 65.4 Å². The van der Waals surface area contributed by atoms with E-state index in [-0.39, 0.29) is 18.6 Å². The average molecular weight is 288 g/mol. The maximum atomic E-state index is 12.0. The summed E-state index contributed by atoms with van der Waals surface area (Å²) in [6.07, 6.45) is 0.304. The van der Waals surface area contributed by atoms with Crippen molar-refractivity contribution in [3.05, 3.63) is 0 Å². The highest BCUT2D eigenvalue weighted by molar-refractivity contribution is 5.86. The van der Waals surface area contributed by atoms with E-state index in [2.05, 4.69) is 10.1 Å². The number of amides is 2. The molecule has 1 rings (SSSR count). The van der Waals surface area contributed by atoms with Crippen molar-refractivity contribution in [3.63, 3.8) is 0 Å². The monoisotopic (exact) mass is 288 g/mol. The Morgan fingerprint density at radius 1 is 1.45 bits per heavy atom. The van der Waals surface area contributed by atoms with Crippen LogP contribution in [0.25, 0.3) is 0 Å². The number of carboxylic acid groups (broad SMARTS) is 1. The van der Waals surface area contributed by atoms with E-state index < -0.39 is 30.4 Å². The molecule has 1 heterocycles. The zero-order valence-electron chi connectivity index (χ0n) is 11.5. The molecule has 2 amide bonds. The number of ether oxygens (including phenoxy) is 1. The zero-order chi connectivity index (χ0) is 15.3. The van der Waals surface area contributed by atoms with Crippen LogP contribution in [0.1, 0.15) is 19.8 Å². The number of carboxylic acids is 1. The molecule has 3 N–H and O–H groups in total. The Hall–Kier alpha value is -1.83. The van der Waals surface area contributed by atoms with Gasteiger partial charge in [0.05, 0.1) is 26.2 Å². The number of urea groups is 1. The van der Waals surface area contributed by atoms with Crippen LogP contribution in [0.5, 0.6) is 0 Å². The van der Waals surface area contributed by atoms with E-state index in [9.17, 15) is 19.5 Å². The van der Waals surface area contributed by atoms with Gasteiger partial charge in [-0.3, -0.25) is 4.79 Å². The summed E-state index contributed by atoms with van der Waals surface area (Å²) in [6.45, 7) is 2.18. The summed E-state index contributed by atoms with van der Waals surface area (Å²) in [7, 11) is 1.15. The molecule has 8 heteroatoms. The molecule has 1 fully saturated rings. The summed E-state index contributed by atoms with van der Waals surface area (Å²) < 4.78 is 4.39. The highest BCUT2D eigenvalue weighted by Gasteiger charge is 2.35. The number of nitrogens with one attached hydrogen (secondary N) is 1. The summed E-state index contributed by atoms with van der Waals surface area (Å²) in [4.78, 5) is 35.6. The van der Waals surface area contributed by atoms with Crippen LogP contribution < -0.4 is 5.32 Å². The number of rotatable bonds is 5. The summed E-state index contributed by atoms with van der Waals surface area (Å²) in [5, 5.41) is 20.5. The highest BCUT2D eigenvalue weighted by Crippen LogP contribution is 2.23. The van der Waals surface area contributed by atoms with Crippen molar-refractivity contribution >= 4 is 18.0 Å². The largest absolute Gasteiger partial charge is 0.480 e. The van der Waals surface area contributed by atoms with Gasteiger partial charge in [0.2, 0.25) is 0 Å². The van der Waals surface area contributed by atoms with Crippen molar-refractivity contribution in [2.45, 2.75) is 31.8 Å². The van der Waals surface area contributed by atoms with Gasteiger partial charge in [-0.2, -0.15) is 0 Å². The molecule has 20 heavy (non-hydrogen) atoms. The molecule has 0 bridgehead atoms. The molecule has 1 saturated heterocycles. The number of carbonyl (C=O) groups is 3. The minimum atomic E-state index is -1.34. The Kier molecular flexibility index (Phi) is 5.75. The van der Waals surface area contributed by atoms with Crippen molar-refractivity contribution in [2.24, 2.45) is 5.92 Å². The SMILES string of the molecule is COC(=O)C[C@H](NC(=O)N1CCC(C)C1CO)C(=O)O. The van der Waals surface area contributed by atoms with Gasteiger partial charge in [-0.05, 0) is 12.3 Å². The molecular weight excluding hydrogens is 268 g/mol. The third-order valence-corrected chi connectivity index (χ3v) is 3.52. The lowest BCUT2D eigenvalue weighted by atomic mass is 10.0. The molecule has 114 valence electrons. The molecule has 0 spiro atoms. The molecule has 2 unspecified atom stereocenters. The van der Waals surface area contributed by atoms with Crippen molar-refractivity contribution in [1.29, 1.82) is 0 Å². The maximum Gasteiger partial charge on any atom is 0.326 e. The van der Waals surface area contributed by atoms with Crippen molar-refractivity contribution < 1.29 is 29.3 Å². The molecule has 0 saturated carbocycles. The van der Waals surface area contributed by atoms with E-state index in [1.807, 2.05) is 6.92 Å². The quantitative estimate of drug-likeness (QED) is 0.583. The van der Waals surface area contributed by atoms with E-state index in [0.717, 1.165) is 13.5 Å². The number of likely N-dealkylation sites (tertiary alicyclic amines) is 1. The van der Waals surface area contributed by atoms with Crippen LogP contribution in [0.4, 0.5) is 4.79 Å². The van der Waals surface area contributed by atoms with Crippen LogP contribution in [-0.2, 0) is 14.3 Å². The lowest BCUT2D eigenvalue weighted by molar-refractivity contribution is -0.147. The highest BCUT2D eigenvalue weighted by atomic mass is 16.5. The average Bonchev–Trinajstić information content (AvgIpc) is 2.78. The van der Waals surface area contributed by atoms with Gasteiger partial charge >= 0.3 is 18.0 Å². The number of nitrogens with zero attached hydrogens (tertiary/aromatic N) is 1.